The van der Waals surface area contributed by atoms with Crippen molar-refractivity contribution in [2.75, 3.05) is 5.75 Å². The highest BCUT2D eigenvalue weighted by molar-refractivity contribution is 8.81. The SMILES string of the molecule is CCCCCCSSC=O. The average Bonchev–Trinajstić information content (AvgIpc) is 1.97. The lowest BCUT2D eigenvalue weighted by molar-refractivity contribution is 0.570. The number of unbranched alkanes of at least 4 members (excludes halogenated alkanes) is 3. The molecule has 0 rings (SSSR count). The summed E-state index contributed by atoms with van der Waals surface area (Å²) in [6.07, 6.45) is 5.17. The second-order valence-electron chi connectivity index (χ2n) is 2.08. The van der Waals surface area contributed by atoms with Crippen molar-refractivity contribution in [3.8, 4) is 0 Å². The largest absolute Gasteiger partial charge is 0.290 e. The molecule has 0 saturated heterocycles. The van der Waals surface area contributed by atoms with Crippen molar-refractivity contribution in [1.29, 1.82) is 0 Å². The fourth-order valence-corrected chi connectivity index (χ4v) is 1.95. The Labute approximate surface area is 70.7 Å². The minimum absolute atomic E-state index is 0.893. The van der Waals surface area contributed by atoms with Gasteiger partial charge in [0, 0.05) is 5.75 Å². The Bertz CT molecular complexity index is 76.0. The van der Waals surface area contributed by atoms with Crippen LogP contribution in [-0.2, 0) is 4.79 Å². The third kappa shape index (κ3) is 8.37. The molecule has 0 bridgehead atoms. The average molecular weight is 178 g/mol. The predicted octanol–water partition coefficient (Wildman–Crippen LogP) is 3.14. The smallest absolute Gasteiger partial charge is 0.186 e. The molecular weight excluding hydrogens is 164 g/mol. The van der Waals surface area contributed by atoms with Crippen molar-refractivity contribution in [2.24, 2.45) is 0 Å². The van der Waals surface area contributed by atoms with Gasteiger partial charge in [0.25, 0.3) is 0 Å². The molecule has 0 amide bonds. The summed E-state index contributed by atoms with van der Waals surface area (Å²) >= 11 is 0. The fourth-order valence-electron chi connectivity index (χ4n) is 0.664. The monoisotopic (exact) mass is 178 g/mol. The minimum atomic E-state index is 0.893. The van der Waals surface area contributed by atoms with E-state index in [0.717, 1.165) is 11.4 Å². The molecule has 1 nitrogen and oxygen atoms in total. The van der Waals surface area contributed by atoms with Gasteiger partial charge in [-0.1, -0.05) is 37.0 Å². The first-order valence-corrected chi connectivity index (χ1v) is 6.02. The molecule has 0 aliphatic carbocycles. The molecule has 60 valence electrons. The molecule has 0 aliphatic rings. The van der Waals surface area contributed by atoms with Crippen LogP contribution in [0.4, 0.5) is 0 Å². The molecule has 0 N–H and O–H groups in total. The number of rotatable bonds is 7. The van der Waals surface area contributed by atoms with E-state index >= 15 is 0 Å². The summed E-state index contributed by atoms with van der Waals surface area (Å²) in [5, 5.41) is 0. The standard InChI is InChI=1S/C7H14OS2/c1-2-3-4-5-6-9-10-7-8/h7H,2-6H2,1H3. The van der Waals surface area contributed by atoms with Gasteiger partial charge < -0.3 is 0 Å². The summed E-state index contributed by atoms with van der Waals surface area (Å²) in [7, 11) is 2.95. The summed E-state index contributed by atoms with van der Waals surface area (Å²) < 4.78 is 0. The molecule has 10 heavy (non-hydrogen) atoms. The number of hydrogen-bond acceptors (Lipinski definition) is 3. The Balaban J connectivity index is 2.70. The van der Waals surface area contributed by atoms with E-state index in [1.807, 2.05) is 0 Å². The molecule has 0 aromatic rings. The Kier molecular flexibility index (Phi) is 9.72. The van der Waals surface area contributed by atoms with Crippen LogP contribution in [0.25, 0.3) is 0 Å². The van der Waals surface area contributed by atoms with Crippen molar-refractivity contribution in [1.82, 2.24) is 0 Å². The zero-order valence-electron chi connectivity index (χ0n) is 6.34. The van der Waals surface area contributed by atoms with Gasteiger partial charge in [0.1, 0.15) is 0 Å². The second kappa shape index (κ2) is 9.37. The molecule has 3 heteroatoms. The van der Waals surface area contributed by atoms with E-state index in [9.17, 15) is 4.79 Å². The molecule has 0 atom stereocenters. The van der Waals surface area contributed by atoms with Gasteiger partial charge in [-0.25, -0.2) is 0 Å². The fraction of sp³-hybridized carbons (Fsp3) is 0.857. The van der Waals surface area contributed by atoms with Crippen molar-refractivity contribution in [3.05, 3.63) is 0 Å². The van der Waals surface area contributed by atoms with Crippen LogP contribution in [0.15, 0.2) is 0 Å². The highest BCUT2D eigenvalue weighted by Gasteiger charge is 1.88. The van der Waals surface area contributed by atoms with Crippen LogP contribution in [0.3, 0.4) is 0 Å². The quantitative estimate of drug-likeness (QED) is 0.339. The highest BCUT2D eigenvalue weighted by Crippen LogP contribution is 2.19. The maximum absolute atomic E-state index is 9.84. The maximum Gasteiger partial charge on any atom is 0.186 e. The van der Waals surface area contributed by atoms with Gasteiger partial charge in [-0.15, -0.1) is 0 Å². The molecule has 0 heterocycles. The Morgan fingerprint density at radius 1 is 1.30 bits per heavy atom. The van der Waals surface area contributed by atoms with Crippen LogP contribution < -0.4 is 0 Å². The summed E-state index contributed by atoms with van der Waals surface area (Å²) in [6, 6.07) is 0. The number of carbonyl (C=O) groups is 1. The van der Waals surface area contributed by atoms with Crippen LogP contribution in [0, 0.1) is 0 Å². The summed E-state index contributed by atoms with van der Waals surface area (Å²) in [6.45, 7) is 2.20. The van der Waals surface area contributed by atoms with Gasteiger partial charge in [-0.2, -0.15) is 0 Å². The van der Waals surface area contributed by atoms with E-state index in [0.29, 0.717) is 0 Å². The molecule has 0 saturated carbocycles. The first kappa shape index (κ1) is 10.4. The predicted molar refractivity (Wildman–Crippen MR) is 50.9 cm³/mol. The Morgan fingerprint density at radius 2 is 2.10 bits per heavy atom. The van der Waals surface area contributed by atoms with Crippen LogP contribution in [-0.4, -0.2) is 11.4 Å². The van der Waals surface area contributed by atoms with Gasteiger partial charge in [-0.3, -0.25) is 4.79 Å². The van der Waals surface area contributed by atoms with Gasteiger partial charge in [0.15, 0.2) is 5.62 Å². The summed E-state index contributed by atoms with van der Waals surface area (Å²) in [5.74, 6) is 1.11. The highest BCUT2D eigenvalue weighted by atomic mass is 33.1. The van der Waals surface area contributed by atoms with Gasteiger partial charge in [0.05, 0.1) is 0 Å². The van der Waals surface area contributed by atoms with Crippen molar-refractivity contribution < 1.29 is 4.79 Å². The van der Waals surface area contributed by atoms with E-state index in [4.69, 9.17) is 0 Å². The van der Waals surface area contributed by atoms with Crippen LogP contribution in [0.2, 0.25) is 0 Å². The molecule has 0 aromatic heterocycles. The molecule has 0 aliphatic heterocycles. The number of hydrogen-bond donors (Lipinski definition) is 0. The summed E-state index contributed by atoms with van der Waals surface area (Å²) in [4.78, 5) is 9.84. The molecule has 0 fully saturated rings. The molecular formula is C7H14OS2. The summed E-state index contributed by atoms with van der Waals surface area (Å²) in [5.41, 5.74) is 0.893. The lowest BCUT2D eigenvalue weighted by Gasteiger charge is -1.95. The van der Waals surface area contributed by atoms with Crippen molar-refractivity contribution in [3.63, 3.8) is 0 Å². The molecule has 0 unspecified atom stereocenters. The molecule has 0 spiro atoms. The van der Waals surface area contributed by atoms with Crippen molar-refractivity contribution in [2.45, 2.75) is 32.6 Å². The third-order valence-corrected chi connectivity index (χ3v) is 3.00. The molecule has 0 radical (unpaired) electrons. The van der Waals surface area contributed by atoms with E-state index in [-0.39, 0.29) is 0 Å². The zero-order valence-corrected chi connectivity index (χ0v) is 7.97. The lowest BCUT2D eigenvalue weighted by atomic mass is 10.2. The lowest BCUT2D eigenvalue weighted by Crippen LogP contribution is -1.77. The van der Waals surface area contributed by atoms with Crippen molar-refractivity contribution >= 4 is 27.2 Å². The zero-order chi connectivity index (χ0) is 7.66. The van der Waals surface area contributed by atoms with E-state index < -0.39 is 0 Å². The maximum atomic E-state index is 9.84. The van der Waals surface area contributed by atoms with Crippen LogP contribution in [0.5, 0.6) is 0 Å². The van der Waals surface area contributed by atoms with E-state index in [1.165, 1.54) is 36.5 Å². The Hall–Kier alpha value is 0.370. The Morgan fingerprint density at radius 3 is 2.70 bits per heavy atom. The number of carbonyl (C=O) groups excluding carboxylic acids is 1. The van der Waals surface area contributed by atoms with Gasteiger partial charge in [0.2, 0.25) is 0 Å². The first-order valence-electron chi connectivity index (χ1n) is 3.63. The van der Waals surface area contributed by atoms with Gasteiger partial charge >= 0.3 is 0 Å². The third-order valence-electron chi connectivity index (χ3n) is 1.19. The van der Waals surface area contributed by atoms with Crippen LogP contribution in [0.1, 0.15) is 32.6 Å². The normalized spacial score (nSPS) is 9.70. The van der Waals surface area contributed by atoms with E-state index in [1.54, 1.807) is 10.8 Å². The topological polar surface area (TPSA) is 17.1 Å². The first-order chi connectivity index (χ1) is 4.91. The second-order valence-corrected chi connectivity index (χ2v) is 4.39. The van der Waals surface area contributed by atoms with Crippen LogP contribution >= 0.6 is 21.6 Å². The van der Waals surface area contributed by atoms with Gasteiger partial charge in [-0.05, 0) is 17.2 Å². The molecule has 0 aromatic carbocycles. The minimum Gasteiger partial charge on any atom is -0.290 e. The van der Waals surface area contributed by atoms with E-state index in [2.05, 4.69) is 6.92 Å².